The SMILES string of the molecule is CC1(C)S(=O)[C@@H]2[C@H](NC(=O)COc3ccccc3)C(=O)N2[C@@]1(Cc1ccc([N+](=O)[O-])cc1)C(=O)O. The van der Waals surface area contributed by atoms with E-state index in [1.54, 1.807) is 30.3 Å². The second-order valence-corrected chi connectivity index (χ2v) is 10.9. The van der Waals surface area contributed by atoms with Gasteiger partial charge in [-0.15, -0.1) is 0 Å². The molecule has 2 heterocycles. The minimum atomic E-state index is -1.88. The smallest absolute Gasteiger partial charge is 0.331 e. The Morgan fingerprint density at radius 1 is 1.17 bits per heavy atom. The van der Waals surface area contributed by atoms with Crippen LogP contribution in [0.2, 0.25) is 0 Å². The van der Waals surface area contributed by atoms with Crippen LogP contribution in [0, 0.1) is 10.1 Å². The Morgan fingerprint density at radius 2 is 1.80 bits per heavy atom. The number of β-lactam (4-membered cyclic amide) rings is 1. The molecular formula is C23H23N3O8S. The van der Waals surface area contributed by atoms with Crippen LogP contribution in [0.4, 0.5) is 5.69 Å². The summed E-state index contributed by atoms with van der Waals surface area (Å²) in [7, 11) is -1.84. The lowest BCUT2D eigenvalue weighted by Gasteiger charge is -2.49. The summed E-state index contributed by atoms with van der Waals surface area (Å²) >= 11 is 0. The molecular weight excluding hydrogens is 478 g/mol. The van der Waals surface area contributed by atoms with E-state index < -0.39 is 55.2 Å². The Balaban J connectivity index is 1.56. The molecule has 4 rings (SSSR count). The highest BCUT2D eigenvalue weighted by molar-refractivity contribution is 7.87. The maximum atomic E-state index is 13.4. The molecule has 2 fully saturated rings. The Kier molecular flexibility index (Phi) is 6.09. The number of fused-ring (bicyclic) bond motifs is 1. The van der Waals surface area contributed by atoms with E-state index >= 15 is 0 Å². The van der Waals surface area contributed by atoms with Crippen molar-refractivity contribution in [3.05, 3.63) is 70.3 Å². The highest BCUT2D eigenvalue weighted by Gasteiger charge is 2.76. The molecule has 1 unspecified atom stereocenters. The highest BCUT2D eigenvalue weighted by Crippen LogP contribution is 2.52. The molecule has 2 aliphatic heterocycles. The molecule has 0 spiro atoms. The van der Waals surface area contributed by atoms with Crippen molar-refractivity contribution >= 4 is 34.3 Å². The standard InChI is InChI=1S/C23H23N3O8S/c1-22(2)23(21(29)30,12-14-8-10-15(11-9-14)26(31)32)25-19(28)18(20(25)35(22)33)24-17(27)13-34-16-6-4-3-5-7-16/h3-11,18,20H,12-13H2,1-2H3,(H,24,27)(H,29,30)/t18-,20-,23+,35?/m1/s1. The normalized spacial score (nSPS) is 26.4. The van der Waals surface area contributed by atoms with Crippen LogP contribution in [0.25, 0.3) is 0 Å². The lowest BCUT2D eigenvalue weighted by molar-refractivity contribution is -0.384. The van der Waals surface area contributed by atoms with Gasteiger partial charge in [0.1, 0.15) is 17.2 Å². The van der Waals surface area contributed by atoms with Gasteiger partial charge in [-0.3, -0.25) is 23.9 Å². The topological polar surface area (TPSA) is 156 Å². The molecule has 2 aromatic rings. The molecule has 2 amide bonds. The number of hydrogen-bond acceptors (Lipinski definition) is 7. The van der Waals surface area contributed by atoms with Crippen molar-refractivity contribution in [1.29, 1.82) is 0 Å². The van der Waals surface area contributed by atoms with E-state index in [0.717, 1.165) is 4.90 Å². The quantitative estimate of drug-likeness (QED) is 0.311. The predicted molar refractivity (Wildman–Crippen MR) is 124 cm³/mol. The molecule has 2 saturated heterocycles. The van der Waals surface area contributed by atoms with Crippen LogP contribution in [0.3, 0.4) is 0 Å². The molecule has 2 aromatic carbocycles. The van der Waals surface area contributed by atoms with Crippen molar-refractivity contribution in [1.82, 2.24) is 10.2 Å². The third kappa shape index (κ3) is 3.83. The van der Waals surface area contributed by atoms with Gasteiger partial charge in [0, 0.05) is 18.6 Å². The summed E-state index contributed by atoms with van der Waals surface area (Å²) in [4.78, 5) is 49.6. The van der Waals surface area contributed by atoms with E-state index in [-0.39, 0.29) is 18.7 Å². The Bertz CT molecular complexity index is 1220. The van der Waals surface area contributed by atoms with Gasteiger partial charge >= 0.3 is 5.97 Å². The van der Waals surface area contributed by atoms with Crippen molar-refractivity contribution in [3.8, 4) is 5.75 Å². The van der Waals surface area contributed by atoms with Gasteiger partial charge in [0.15, 0.2) is 12.1 Å². The molecule has 11 nitrogen and oxygen atoms in total. The van der Waals surface area contributed by atoms with Crippen LogP contribution in [-0.2, 0) is 31.6 Å². The number of hydrogen-bond donors (Lipinski definition) is 2. The number of amides is 2. The molecule has 0 aromatic heterocycles. The molecule has 184 valence electrons. The van der Waals surface area contributed by atoms with E-state index in [4.69, 9.17) is 4.74 Å². The molecule has 0 bridgehead atoms. The van der Waals surface area contributed by atoms with Crippen LogP contribution >= 0.6 is 0 Å². The minimum Gasteiger partial charge on any atom is -0.484 e. The lowest BCUT2D eigenvalue weighted by atomic mass is 9.76. The number of nitro benzene ring substituents is 1. The molecule has 12 heteroatoms. The third-order valence-corrected chi connectivity index (χ3v) is 8.83. The summed E-state index contributed by atoms with van der Waals surface area (Å²) in [5.41, 5.74) is -1.61. The molecule has 2 aliphatic rings. The van der Waals surface area contributed by atoms with Crippen molar-refractivity contribution < 1.29 is 33.4 Å². The highest BCUT2D eigenvalue weighted by atomic mass is 32.2. The molecule has 0 saturated carbocycles. The summed E-state index contributed by atoms with van der Waals surface area (Å²) in [6.07, 6.45) is -0.209. The van der Waals surface area contributed by atoms with Crippen molar-refractivity contribution in [3.63, 3.8) is 0 Å². The fraction of sp³-hybridized carbons (Fsp3) is 0.348. The predicted octanol–water partition coefficient (Wildman–Crippen LogP) is 1.23. The van der Waals surface area contributed by atoms with Crippen molar-refractivity contribution in [2.45, 2.75) is 42.0 Å². The molecule has 0 radical (unpaired) electrons. The summed E-state index contributed by atoms with van der Waals surface area (Å²) < 4.78 is 17.4. The number of para-hydroxylation sites is 1. The van der Waals surface area contributed by atoms with Gasteiger partial charge in [-0.2, -0.15) is 0 Å². The first-order valence-electron chi connectivity index (χ1n) is 10.7. The maximum absolute atomic E-state index is 13.4. The minimum absolute atomic E-state index is 0.161. The van der Waals surface area contributed by atoms with E-state index in [1.807, 2.05) is 0 Å². The number of carboxylic acids is 1. The van der Waals surface area contributed by atoms with Crippen LogP contribution in [-0.4, -0.2) is 65.2 Å². The number of rotatable bonds is 8. The summed E-state index contributed by atoms with van der Waals surface area (Å²) in [6, 6.07) is 12.8. The zero-order chi connectivity index (χ0) is 25.5. The Labute approximate surface area is 202 Å². The van der Waals surface area contributed by atoms with Gasteiger partial charge < -0.3 is 20.1 Å². The van der Waals surface area contributed by atoms with E-state index in [9.17, 15) is 33.8 Å². The van der Waals surface area contributed by atoms with Crippen molar-refractivity contribution in [2.75, 3.05) is 6.61 Å². The van der Waals surface area contributed by atoms with Gasteiger partial charge in [0.25, 0.3) is 11.6 Å². The van der Waals surface area contributed by atoms with Crippen LogP contribution in [0.5, 0.6) is 5.75 Å². The number of carbonyl (C=O) groups is 3. The average molecular weight is 502 g/mol. The number of nitrogens with one attached hydrogen (secondary N) is 1. The summed E-state index contributed by atoms with van der Waals surface area (Å²) in [5.74, 6) is -2.15. The number of nitro groups is 1. The van der Waals surface area contributed by atoms with Crippen LogP contribution < -0.4 is 10.1 Å². The molecule has 0 aliphatic carbocycles. The summed E-state index contributed by atoms with van der Waals surface area (Å²) in [6.45, 7) is 2.64. The third-order valence-electron chi connectivity index (χ3n) is 6.56. The number of ether oxygens (including phenoxy) is 1. The number of benzene rings is 2. The van der Waals surface area contributed by atoms with Crippen molar-refractivity contribution in [2.24, 2.45) is 0 Å². The number of non-ortho nitro benzene ring substituents is 1. The number of carboxylic acid groups (broad SMARTS) is 1. The first-order valence-corrected chi connectivity index (χ1v) is 11.9. The second kappa shape index (κ2) is 8.77. The van der Waals surface area contributed by atoms with E-state index in [2.05, 4.69) is 5.32 Å². The molecule has 35 heavy (non-hydrogen) atoms. The van der Waals surface area contributed by atoms with Gasteiger partial charge in [-0.1, -0.05) is 30.3 Å². The second-order valence-electron chi connectivity index (χ2n) is 8.82. The van der Waals surface area contributed by atoms with Crippen LogP contribution in [0.1, 0.15) is 19.4 Å². The van der Waals surface area contributed by atoms with Crippen LogP contribution in [0.15, 0.2) is 54.6 Å². The monoisotopic (exact) mass is 501 g/mol. The lowest BCUT2D eigenvalue weighted by Crippen LogP contribution is -2.76. The van der Waals surface area contributed by atoms with E-state index in [0.29, 0.717) is 11.3 Å². The number of aliphatic carboxylic acids is 1. The zero-order valence-corrected chi connectivity index (χ0v) is 19.7. The first kappa shape index (κ1) is 24.3. The largest absolute Gasteiger partial charge is 0.484 e. The van der Waals surface area contributed by atoms with Gasteiger partial charge in [-0.05, 0) is 31.5 Å². The Morgan fingerprint density at radius 3 is 2.37 bits per heavy atom. The number of carbonyl (C=O) groups excluding carboxylic acids is 2. The zero-order valence-electron chi connectivity index (χ0n) is 18.9. The Hall–Kier alpha value is -3.80. The first-order chi connectivity index (χ1) is 16.5. The fourth-order valence-electron chi connectivity index (χ4n) is 4.63. The summed E-state index contributed by atoms with van der Waals surface area (Å²) in [5, 5.41) is 22.7. The molecule has 4 atom stereocenters. The fourth-order valence-corrected chi connectivity index (χ4v) is 6.73. The molecule has 2 N–H and O–H groups in total. The maximum Gasteiger partial charge on any atom is 0.331 e. The van der Waals surface area contributed by atoms with E-state index in [1.165, 1.54) is 38.1 Å². The van der Waals surface area contributed by atoms with Gasteiger partial charge in [0.05, 0.1) is 20.5 Å². The van der Waals surface area contributed by atoms with Gasteiger partial charge in [-0.25, -0.2) is 4.79 Å². The average Bonchev–Trinajstić information content (AvgIpc) is 2.98. The number of nitrogens with zero attached hydrogens (tertiary/aromatic N) is 2. The van der Waals surface area contributed by atoms with Gasteiger partial charge in [0.2, 0.25) is 5.91 Å².